The number of rotatable bonds is 8. The zero-order valence-electron chi connectivity index (χ0n) is 18.6. The quantitative estimate of drug-likeness (QED) is 0.543. The monoisotopic (exact) mass is 423 g/mol. The normalized spacial score (nSPS) is 12.6. The van der Waals surface area contributed by atoms with E-state index < -0.39 is 17.7 Å². The SMILES string of the molecule is COc1nc2ccccc2cc1C(O)CCc1cc(C)c(OC(C)(C)C(=O)O)c(C)c1. The molecule has 0 saturated carbocycles. The molecule has 164 valence electrons. The van der Waals surface area contributed by atoms with Crippen LogP contribution >= 0.6 is 0 Å². The number of aryl methyl sites for hydroxylation is 3. The van der Waals surface area contributed by atoms with Crippen molar-refractivity contribution in [3.63, 3.8) is 0 Å². The molecule has 3 rings (SSSR count). The van der Waals surface area contributed by atoms with Gasteiger partial charge in [0.2, 0.25) is 5.88 Å². The lowest BCUT2D eigenvalue weighted by molar-refractivity contribution is -0.152. The highest BCUT2D eigenvalue weighted by molar-refractivity contribution is 5.80. The molecule has 6 nitrogen and oxygen atoms in total. The number of fused-ring (bicyclic) bond motifs is 1. The Morgan fingerprint density at radius 2 is 1.77 bits per heavy atom. The van der Waals surface area contributed by atoms with Crippen LogP contribution in [0.5, 0.6) is 11.6 Å². The van der Waals surface area contributed by atoms with Gasteiger partial charge >= 0.3 is 5.97 Å². The Bertz CT molecular complexity index is 1080. The molecule has 2 N–H and O–H groups in total. The minimum absolute atomic E-state index is 0.429. The molecule has 1 unspecified atom stereocenters. The van der Waals surface area contributed by atoms with Crippen molar-refractivity contribution < 1.29 is 24.5 Å². The molecule has 3 aromatic rings. The van der Waals surface area contributed by atoms with E-state index in [1.165, 1.54) is 13.8 Å². The number of nitrogens with zero attached hydrogens (tertiary/aromatic N) is 1. The molecule has 0 bridgehead atoms. The number of hydrogen-bond acceptors (Lipinski definition) is 5. The van der Waals surface area contributed by atoms with Crippen LogP contribution < -0.4 is 9.47 Å². The summed E-state index contributed by atoms with van der Waals surface area (Å²) in [6, 6.07) is 13.6. The molecule has 0 aliphatic heterocycles. The number of aliphatic hydroxyl groups excluding tert-OH is 1. The fourth-order valence-electron chi connectivity index (χ4n) is 3.62. The highest BCUT2D eigenvalue weighted by Gasteiger charge is 2.30. The van der Waals surface area contributed by atoms with Crippen molar-refractivity contribution in [3.05, 3.63) is 64.7 Å². The fraction of sp³-hybridized carbons (Fsp3) is 0.360. The molecule has 0 fully saturated rings. The number of carboxylic acids is 1. The molecule has 6 heteroatoms. The van der Waals surface area contributed by atoms with Crippen LogP contribution in [0.4, 0.5) is 0 Å². The molecule has 0 saturated heterocycles. The number of benzene rings is 2. The molecule has 1 atom stereocenters. The topological polar surface area (TPSA) is 88.9 Å². The molecule has 1 heterocycles. The van der Waals surface area contributed by atoms with Crippen molar-refractivity contribution in [1.29, 1.82) is 0 Å². The van der Waals surface area contributed by atoms with Crippen molar-refractivity contribution >= 4 is 16.9 Å². The van der Waals surface area contributed by atoms with Gasteiger partial charge in [-0.3, -0.25) is 0 Å². The summed E-state index contributed by atoms with van der Waals surface area (Å²) < 4.78 is 11.2. The van der Waals surface area contributed by atoms with E-state index in [4.69, 9.17) is 9.47 Å². The average Bonchev–Trinajstić information content (AvgIpc) is 2.73. The van der Waals surface area contributed by atoms with Gasteiger partial charge in [0, 0.05) is 10.9 Å². The van der Waals surface area contributed by atoms with Crippen LogP contribution in [0.3, 0.4) is 0 Å². The lowest BCUT2D eigenvalue weighted by Gasteiger charge is -2.24. The number of aliphatic hydroxyl groups is 1. The van der Waals surface area contributed by atoms with E-state index >= 15 is 0 Å². The van der Waals surface area contributed by atoms with Gasteiger partial charge < -0.3 is 19.7 Å². The highest BCUT2D eigenvalue weighted by Crippen LogP contribution is 2.32. The first-order valence-electron chi connectivity index (χ1n) is 10.3. The van der Waals surface area contributed by atoms with Gasteiger partial charge in [0.15, 0.2) is 5.60 Å². The molecule has 31 heavy (non-hydrogen) atoms. The Morgan fingerprint density at radius 3 is 2.39 bits per heavy atom. The third-order valence-electron chi connectivity index (χ3n) is 5.37. The van der Waals surface area contributed by atoms with Crippen LogP contribution in [-0.2, 0) is 11.2 Å². The van der Waals surface area contributed by atoms with Crippen LogP contribution in [-0.4, -0.2) is 33.9 Å². The fourth-order valence-corrected chi connectivity index (χ4v) is 3.62. The minimum atomic E-state index is -1.31. The standard InChI is InChI=1S/C25H29NO5/c1-15-12-17(13-16(2)22(15)31-25(3,4)24(28)29)10-11-21(27)19-14-18-8-6-7-9-20(18)26-23(19)30-5/h6-9,12-14,21,27H,10-11H2,1-5H3,(H,28,29). The summed E-state index contributed by atoms with van der Waals surface area (Å²) in [6.45, 7) is 6.86. The van der Waals surface area contributed by atoms with E-state index in [9.17, 15) is 15.0 Å². The molecule has 2 aromatic carbocycles. The summed E-state index contributed by atoms with van der Waals surface area (Å²) in [4.78, 5) is 15.9. The van der Waals surface area contributed by atoms with E-state index in [1.807, 2.05) is 56.3 Å². The summed E-state index contributed by atoms with van der Waals surface area (Å²) in [6.07, 6.45) is 0.409. The van der Waals surface area contributed by atoms with Gasteiger partial charge in [0.1, 0.15) is 5.75 Å². The third-order valence-corrected chi connectivity index (χ3v) is 5.37. The molecular formula is C25H29NO5. The van der Waals surface area contributed by atoms with Crippen molar-refractivity contribution in [2.24, 2.45) is 0 Å². The zero-order valence-corrected chi connectivity index (χ0v) is 18.6. The van der Waals surface area contributed by atoms with Gasteiger partial charge in [-0.15, -0.1) is 0 Å². The van der Waals surface area contributed by atoms with Crippen LogP contribution in [0, 0.1) is 13.8 Å². The second kappa shape index (κ2) is 8.94. The molecule has 1 aromatic heterocycles. The first-order valence-corrected chi connectivity index (χ1v) is 10.3. The lowest BCUT2D eigenvalue weighted by atomic mass is 9.97. The Labute approximate surface area is 182 Å². The van der Waals surface area contributed by atoms with Crippen LogP contribution in [0.15, 0.2) is 42.5 Å². The maximum Gasteiger partial charge on any atom is 0.347 e. The maximum atomic E-state index is 11.4. The highest BCUT2D eigenvalue weighted by atomic mass is 16.5. The Morgan fingerprint density at radius 1 is 1.13 bits per heavy atom. The Kier molecular flexibility index (Phi) is 6.51. The summed E-state index contributed by atoms with van der Waals surface area (Å²) >= 11 is 0. The lowest BCUT2D eigenvalue weighted by Crippen LogP contribution is -2.38. The number of pyridine rings is 1. The van der Waals surface area contributed by atoms with Crippen LogP contribution in [0.25, 0.3) is 10.9 Å². The Hall–Kier alpha value is -3.12. The number of ether oxygens (including phenoxy) is 2. The summed E-state index contributed by atoms with van der Waals surface area (Å²) in [5.74, 6) is -0.00764. The number of aromatic nitrogens is 1. The van der Waals surface area contributed by atoms with Gasteiger partial charge in [0.05, 0.1) is 18.7 Å². The van der Waals surface area contributed by atoms with E-state index in [0.29, 0.717) is 30.0 Å². The van der Waals surface area contributed by atoms with Crippen molar-refractivity contribution in [2.45, 2.75) is 52.2 Å². The molecule has 0 amide bonds. The van der Waals surface area contributed by atoms with Gasteiger partial charge in [-0.1, -0.05) is 30.3 Å². The number of methoxy groups -OCH3 is 1. The van der Waals surface area contributed by atoms with E-state index in [0.717, 1.165) is 27.6 Å². The first-order chi connectivity index (χ1) is 14.6. The summed E-state index contributed by atoms with van der Waals surface area (Å²) in [5, 5.41) is 21.1. The second-order valence-corrected chi connectivity index (χ2v) is 8.31. The van der Waals surface area contributed by atoms with Crippen molar-refractivity contribution in [1.82, 2.24) is 4.98 Å². The van der Waals surface area contributed by atoms with Gasteiger partial charge in [-0.25, -0.2) is 9.78 Å². The van der Waals surface area contributed by atoms with E-state index in [2.05, 4.69) is 4.98 Å². The Balaban J connectivity index is 1.78. The average molecular weight is 424 g/mol. The minimum Gasteiger partial charge on any atom is -0.481 e. The second-order valence-electron chi connectivity index (χ2n) is 8.31. The smallest absolute Gasteiger partial charge is 0.347 e. The van der Waals surface area contributed by atoms with Crippen molar-refractivity contribution in [3.8, 4) is 11.6 Å². The predicted octanol–water partition coefficient (Wildman–Crippen LogP) is 4.77. The van der Waals surface area contributed by atoms with E-state index in [1.54, 1.807) is 7.11 Å². The van der Waals surface area contributed by atoms with Gasteiger partial charge in [-0.2, -0.15) is 0 Å². The van der Waals surface area contributed by atoms with Gasteiger partial charge in [-0.05, 0) is 69.4 Å². The van der Waals surface area contributed by atoms with Crippen molar-refractivity contribution in [2.75, 3.05) is 7.11 Å². The molecule has 0 radical (unpaired) electrons. The molecule has 0 spiro atoms. The molecular weight excluding hydrogens is 394 g/mol. The van der Waals surface area contributed by atoms with Crippen LogP contribution in [0.2, 0.25) is 0 Å². The maximum absolute atomic E-state index is 11.4. The number of hydrogen-bond donors (Lipinski definition) is 2. The van der Waals surface area contributed by atoms with Crippen LogP contribution in [0.1, 0.15) is 48.6 Å². The van der Waals surface area contributed by atoms with Gasteiger partial charge in [0.25, 0.3) is 0 Å². The zero-order chi connectivity index (χ0) is 22.8. The third kappa shape index (κ3) is 4.97. The molecule has 0 aliphatic carbocycles. The number of carbonyl (C=O) groups is 1. The number of carboxylic acid groups (broad SMARTS) is 1. The number of para-hydroxylation sites is 1. The summed E-state index contributed by atoms with van der Waals surface area (Å²) in [7, 11) is 1.55. The van der Waals surface area contributed by atoms with E-state index in [-0.39, 0.29) is 0 Å². The number of aliphatic carboxylic acids is 1. The molecule has 0 aliphatic rings. The first kappa shape index (κ1) is 22.6. The summed E-state index contributed by atoms with van der Waals surface area (Å²) in [5.41, 5.74) is 2.95. The predicted molar refractivity (Wildman–Crippen MR) is 120 cm³/mol. The largest absolute Gasteiger partial charge is 0.481 e.